The van der Waals surface area contributed by atoms with E-state index in [1.165, 1.54) is 0 Å². The second-order valence-electron chi connectivity index (χ2n) is 3.65. The van der Waals surface area contributed by atoms with E-state index in [1.54, 1.807) is 12.1 Å². The molecule has 0 heterocycles. The molecule has 0 aliphatic heterocycles. The third kappa shape index (κ3) is 4.60. The number of aryl methyl sites for hydroxylation is 1. The lowest BCUT2D eigenvalue weighted by atomic mass is 10.1. The Kier molecular flexibility index (Phi) is 5.85. The molecule has 5 heteroatoms. The Morgan fingerprint density at radius 1 is 1.47 bits per heavy atom. The number of amides is 1. The van der Waals surface area contributed by atoms with Crippen molar-refractivity contribution in [1.29, 1.82) is 0 Å². The van der Waals surface area contributed by atoms with Gasteiger partial charge in [0.2, 0.25) is 0 Å². The lowest BCUT2D eigenvalue weighted by Crippen LogP contribution is -2.28. The zero-order chi connectivity index (χ0) is 12.8. The van der Waals surface area contributed by atoms with Gasteiger partial charge in [0.15, 0.2) is 0 Å². The Labute approximate surface area is 113 Å². The van der Waals surface area contributed by atoms with Gasteiger partial charge < -0.3 is 5.32 Å². The summed E-state index contributed by atoms with van der Waals surface area (Å²) in [5.74, 6) is 1.01. The molecule has 1 aromatic rings. The van der Waals surface area contributed by atoms with E-state index in [9.17, 15) is 9.00 Å². The smallest absolute Gasteiger partial charge is 0.251 e. The average molecular weight is 318 g/mol. The Bertz CT molecular complexity index is 435. The number of carbonyl (C=O) groups is 1. The van der Waals surface area contributed by atoms with E-state index in [0.29, 0.717) is 23.6 Å². The van der Waals surface area contributed by atoms with E-state index in [-0.39, 0.29) is 5.91 Å². The molecule has 94 valence electrons. The van der Waals surface area contributed by atoms with E-state index in [0.717, 1.165) is 10.0 Å². The summed E-state index contributed by atoms with van der Waals surface area (Å²) in [7, 11) is -0.832. The predicted molar refractivity (Wildman–Crippen MR) is 74.8 cm³/mol. The first kappa shape index (κ1) is 14.4. The third-order valence-electron chi connectivity index (χ3n) is 2.37. The van der Waals surface area contributed by atoms with Gasteiger partial charge in [-0.15, -0.1) is 0 Å². The minimum Gasteiger partial charge on any atom is -0.351 e. The highest BCUT2D eigenvalue weighted by atomic mass is 79.9. The van der Waals surface area contributed by atoms with Crippen molar-refractivity contribution in [2.24, 2.45) is 0 Å². The number of hydrogen-bond acceptors (Lipinski definition) is 2. The highest BCUT2D eigenvalue weighted by molar-refractivity contribution is 9.10. The number of rotatable bonds is 5. The second kappa shape index (κ2) is 6.91. The normalized spacial score (nSPS) is 12.2. The third-order valence-corrected chi connectivity index (χ3v) is 4.53. The van der Waals surface area contributed by atoms with Crippen molar-refractivity contribution >= 4 is 32.6 Å². The zero-order valence-electron chi connectivity index (χ0n) is 9.96. The highest BCUT2D eigenvalue weighted by Gasteiger charge is 2.06. The van der Waals surface area contributed by atoms with E-state index in [2.05, 4.69) is 21.2 Å². The van der Waals surface area contributed by atoms with Crippen molar-refractivity contribution < 1.29 is 9.00 Å². The van der Waals surface area contributed by atoms with Gasteiger partial charge in [0.1, 0.15) is 0 Å². The van der Waals surface area contributed by atoms with E-state index in [1.807, 2.05) is 19.9 Å². The molecule has 1 aromatic carbocycles. The van der Waals surface area contributed by atoms with Crippen LogP contribution in [0.3, 0.4) is 0 Å². The monoisotopic (exact) mass is 317 g/mol. The van der Waals surface area contributed by atoms with Crippen LogP contribution in [0.15, 0.2) is 22.7 Å². The van der Waals surface area contributed by atoms with Gasteiger partial charge in [-0.3, -0.25) is 9.00 Å². The van der Waals surface area contributed by atoms with Crippen LogP contribution in [0.25, 0.3) is 0 Å². The molecular formula is C12H16BrNO2S. The van der Waals surface area contributed by atoms with E-state index in [4.69, 9.17) is 0 Å². The van der Waals surface area contributed by atoms with Crippen molar-refractivity contribution in [3.05, 3.63) is 33.8 Å². The molecule has 1 N–H and O–H groups in total. The summed E-state index contributed by atoms with van der Waals surface area (Å²) in [5.41, 5.74) is 1.71. The van der Waals surface area contributed by atoms with E-state index >= 15 is 0 Å². The maximum Gasteiger partial charge on any atom is 0.251 e. The minimum absolute atomic E-state index is 0.126. The molecule has 1 atom stereocenters. The van der Waals surface area contributed by atoms with Gasteiger partial charge in [0.25, 0.3) is 5.91 Å². The lowest BCUT2D eigenvalue weighted by molar-refractivity contribution is 0.0956. The maximum atomic E-state index is 11.7. The SMILES string of the molecule is CCS(=O)CCNC(=O)c1ccc(C)c(Br)c1. The number of nitrogens with one attached hydrogen (secondary N) is 1. The van der Waals surface area contributed by atoms with Gasteiger partial charge in [-0.1, -0.05) is 28.9 Å². The molecule has 0 spiro atoms. The van der Waals surface area contributed by atoms with Crippen molar-refractivity contribution in [1.82, 2.24) is 5.32 Å². The Morgan fingerprint density at radius 2 is 2.18 bits per heavy atom. The Balaban J connectivity index is 2.52. The number of hydrogen-bond donors (Lipinski definition) is 1. The van der Waals surface area contributed by atoms with Gasteiger partial charge in [0, 0.05) is 38.9 Å². The second-order valence-corrected chi connectivity index (χ2v) is 6.37. The van der Waals surface area contributed by atoms with Crippen LogP contribution in [0.2, 0.25) is 0 Å². The van der Waals surface area contributed by atoms with E-state index < -0.39 is 10.8 Å². The van der Waals surface area contributed by atoms with Crippen LogP contribution in [-0.4, -0.2) is 28.2 Å². The van der Waals surface area contributed by atoms with Crippen LogP contribution in [-0.2, 0) is 10.8 Å². The first-order valence-electron chi connectivity index (χ1n) is 5.44. The largest absolute Gasteiger partial charge is 0.351 e. The highest BCUT2D eigenvalue weighted by Crippen LogP contribution is 2.17. The summed E-state index contributed by atoms with van der Waals surface area (Å²) >= 11 is 3.39. The summed E-state index contributed by atoms with van der Waals surface area (Å²) in [6, 6.07) is 5.47. The summed E-state index contributed by atoms with van der Waals surface area (Å²) < 4.78 is 12.1. The topological polar surface area (TPSA) is 46.2 Å². The summed E-state index contributed by atoms with van der Waals surface area (Å²) in [6.45, 7) is 4.29. The van der Waals surface area contributed by atoms with Gasteiger partial charge in [0.05, 0.1) is 0 Å². The zero-order valence-corrected chi connectivity index (χ0v) is 12.4. The lowest BCUT2D eigenvalue weighted by Gasteiger charge is -2.06. The fourth-order valence-corrected chi connectivity index (χ4v) is 2.26. The Hall–Kier alpha value is -0.680. The molecular weight excluding hydrogens is 302 g/mol. The van der Waals surface area contributed by atoms with Gasteiger partial charge in [-0.2, -0.15) is 0 Å². The summed E-state index contributed by atoms with van der Waals surface area (Å²) in [5, 5.41) is 2.76. The molecule has 0 aliphatic rings. The molecule has 0 bridgehead atoms. The Morgan fingerprint density at radius 3 is 2.76 bits per heavy atom. The van der Waals surface area contributed by atoms with Gasteiger partial charge >= 0.3 is 0 Å². The summed E-state index contributed by atoms with van der Waals surface area (Å²) in [6.07, 6.45) is 0. The van der Waals surface area contributed by atoms with Crippen LogP contribution in [0.1, 0.15) is 22.8 Å². The van der Waals surface area contributed by atoms with Crippen molar-refractivity contribution in [2.45, 2.75) is 13.8 Å². The molecule has 0 saturated carbocycles. The summed E-state index contributed by atoms with van der Waals surface area (Å²) in [4.78, 5) is 11.7. The van der Waals surface area contributed by atoms with Crippen molar-refractivity contribution in [3.63, 3.8) is 0 Å². The van der Waals surface area contributed by atoms with Gasteiger partial charge in [-0.05, 0) is 24.6 Å². The molecule has 1 unspecified atom stereocenters. The molecule has 0 radical (unpaired) electrons. The van der Waals surface area contributed by atoms with Crippen molar-refractivity contribution in [3.8, 4) is 0 Å². The quantitative estimate of drug-likeness (QED) is 0.905. The van der Waals surface area contributed by atoms with Crippen LogP contribution in [0.5, 0.6) is 0 Å². The average Bonchev–Trinajstić information content (AvgIpc) is 2.32. The van der Waals surface area contributed by atoms with Crippen LogP contribution in [0, 0.1) is 6.92 Å². The molecule has 1 rings (SSSR count). The first-order chi connectivity index (χ1) is 8.04. The first-order valence-corrected chi connectivity index (χ1v) is 7.72. The molecule has 0 saturated heterocycles. The molecule has 0 aliphatic carbocycles. The predicted octanol–water partition coefficient (Wildman–Crippen LogP) is 2.26. The molecule has 3 nitrogen and oxygen atoms in total. The maximum absolute atomic E-state index is 11.7. The van der Waals surface area contributed by atoms with Crippen LogP contribution in [0.4, 0.5) is 0 Å². The van der Waals surface area contributed by atoms with Crippen molar-refractivity contribution in [2.75, 3.05) is 18.1 Å². The molecule has 0 fully saturated rings. The molecule has 17 heavy (non-hydrogen) atoms. The minimum atomic E-state index is -0.832. The fourth-order valence-electron chi connectivity index (χ4n) is 1.26. The standard InChI is InChI=1S/C12H16BrNO2S/c1-3-17(16)7-6-14-12(15)10-5-4-9(2)11(13)8-10/h4-5,8H,3,6-7H2,1-2H3,(H,14,15). The number of benzene rings is 1. The molecule has 0 aromatic heterocycles. The number of carbonyl (C=O) groups excluding carboxylic acids is 1. The number of halogens is 1. The van der Waals surface area contributed by atoms with Gasteiger partial charge in [-0.25, -0.2) is 0 Å². The molecule has 1 amide bonds. The van der Waals surface area contributed by atoms with Crippen LogP contribution < -0.4 is 5.32 Å². The van der Waals surface area contributed by atoms with Crippen LogP contribution >= 0.6 is 15.9 Å². The fraction of sp³-hybridized carbons (Fsp3) is 0.417.